The van der Waals surface area contributed by atoms with Crippen LogP contribution in [0.15, 0.2) is 11.3 Å². The summed E-state index contributed by atoms with van der Waals surface area (Å²) >= 11 is 0. The van der Waals surface area contributed by atoms with Gasteiger partial charge in [-0.05, 0) is 0 Å². The molecule has 2 aliphatic heterocycles. The van der Waals surface area contributed by atoms with Crippen LogP contribution in [0.4, 0.5) is 5.82 Å². The number of rotatable bonds is 5. The first-order valence-corrected chi connectivity index (χ1v) is 8.27. The van der Waals surface area contributed by atoms with Crippen LogP contribution >= 0.6 is 0 Å². The van der Waals surface area contributed by atoms with Crippen LogP contribution in [0.2, 0.25) is 0 Å². The highest BCUT2D eigenvalue weighted by molar-refractivity contribution is 5.94. The second-order valence-corrected chi connectivity index (χ2v) is 6.22. The molecule has 154 valence electrons. The highest BCUT2D eigenvalue weighted by Crippen LogP contribution is 2.39. The number of guanidine groups is 1. The first-order valence-electron chi connectivity index (χ1n) is 8.27. The van der Waals surface area contributed by atoms with Gasteiger partial charge < -0.3 is 40.2 Å². The van der Waals surface area contributed by atoms with E-state index in [9.17, 15) is 19.8 Å². The van der Waals surface area contributed by atoms with E-state index >= 15 is 0 Å². The summed E-state index contributed by atoms with van der Waals surface area (Å²) in [7, 11) is 1.22. The second-order valence-electron chi connectivity index (χ2n) is 6.22. The van der Waals surface area contributed by atoms with E-state index in [-0.39, 0.29) is 24.1 Å². The number of ether oxygens (including phenoxy) is 4. The lowest BCUT2D eigenvalue weighted by Crippen LogP contribution is -2.40. The molecule has 0 saturated carbocycles. The van der Waals surface area contributed by atoms with Crippen molar-refractivity contribution < 1.29 is 38.7 Å². The molecule has 1 saturated heterocycles. The average molecular weight is 399 g/mol. The third kappa shape index (κ3) is 3.52. The summed E-state index contributed by atoms with van der Waals surface area (Å²) < 4.78 is 22.2. The third-order valence-electron chi connectivity index (χ3n) is 4.25. The van der Waals surface area contributed by atoms with Gasteiger partial charge in [0.1, 0.15) is 24.6 Å². The molecule has 1 aromatic rings. The Balaban J connectivity index is 1.95. The molecule has 1 unspecified atom stereocenters. The largest absolute Gasteiger partial charge is 0.463 e. The number of aliphatic hydroxyl groups is 2. The molecule has 0 bridgehead atoms. The first kappa shape index (κ1) is 20.0. The molecule has 1 fully saturated rings. The van der Waals surface area contributed by atoms with Crippen molar-refractivity contribution in [3.63, 3.8) is 0 Å². The van der Waals surface area contributed by atoms with Gasteiger partial charge in [-0.2, -0.15) is 4.99 Å². The van der Waals surface area contributed by atoms with Gasteiger partial charge in [0.15, 0.2) is 24.0 Å². The number of nitrogens with two attached hydrogens (primary N) is 1. The van der Waals surface area contributed by atoms with Crippen LogP contribution in [0.25, 0.3) is 0 Å². The number of imidazole rings is 1. The molecule has 0 radical (unpaired) electrons. The van der Waals surface area contributed by atoms with Gasteiger partial charge in [0.25, 0.3) is 0 Å². The molecule has 13 heteroatoms. The molecule has 5 atom stereocenters. The van der Waals surface area contributed by atoms with Crippen molar-refractivity contribution in [2.24, 2.45) is 10.7 Å². The van der Waals surface area contributed by atoms with E-state index in [4.69, 9.17) is 24.7 Å². The van der Waals surface area contributed by atoms with E-state index in [1.54, 1.807) is 0 Å². The molecule has 3 heterocycles. The van der Waals surface area contributed by atoms with E-state index in [0.717, 1.165) is 0 Å². The summed E-state index contributed by atoms with van der Waals surface area (Å²) in [5.41, 5.74) is 5.70. The van der Waals surface area contributed by atoms with Crippen LogP contribution in [-0.2, 0) is 34.4 Å². The molecule has 13 nitrogen and oxygen atoms in total. The van der Waals surface area contributed by atoms with Crippen LogP contribution in [-0.4, -0.2) is 69.7 Å². The van der Waals surface area contributed by atoms with E-state index in [1.165, 1.54) is 31.9 Å². The number of aliphatic imine (C=N–C) groups is 1. The van der Waals surface area contributed by atoms with Crippen molar-refractivity contribution in [1.29, 1.82) is 0 Å². The molecule has 0 aliphatic carbocycles. The number of anilines is 1. The van der Waals surface area contributed by atoms with Crippen LogP contribution in [0.3, 0.4) is 0 Å². The maximum atomic E-state index is 11.5. The Morgan fingerprint density at radius 2 is 2.14 bits per heavy atom. The lowest BCUT2D eigenvalue weighted by Gasteiger charge is -2.28. The van der Waals surface area contributed by atoms with Gasteiger partial charge in [-0.15, -0.1) is 0 Å². The Kier molecular flexibility index (Phi) is 5.25. The Labute approximate surface area is 159 Å². The molecule has 5 N–H and O–H groups in total. The molecule has 0 aromatic carbocycles. The van der Waals surface area contributed by atoms with Gasteiger partial charge in [-0.25, -0.2) is 4.98 Å². The van der Waals surface area contributed by atoms with Crippen LogP contribution in [0.5, 0.6) is 0 Å². The predicted octanol–water partition coefficient (Wildman–Crippen LogP) is -1.87. The fourth-order valence-corrected chi connectivity index (χ4v) is 3.02. The number of aromatic nitrogens is 2. The van der Waals surface area contributed by atoms with Crippen molar-refractivity contribution in [1.82, 2.24) is 9.55 Å². The first-order chi connectivity index (χ1) is 13.2. The Hall–Kier alpha value is -2.74. The molecule has 28 heavy (non-hydrogen) atoms. The number of esters is 2. The number of aliphatic hydroxyl groups excluding tert-OH is 1. The minimum Gasteiger partial charge on any atom is -0.463 e. The van der Waals surface area contributed by atoms with Gasteiger partial charge in [0.05, 0.1) is 6.33 Å². The average Bonchev–Trinajstić information content (AvgIpc) is 3.15. The summed E-state index contributed by atoms with van der Waals surface area (Å²) in [5.74, 6) is -3.32. The number of nitrogens with zero attached hydrogens (tertiary/aromatic N) is 3. The van der Waals surface area contributed by atoms with Crippen LogP contribution < -0.4 is 11.1 Å². The summed E-state index contributed by atoms with van der Waals surface area (Å²) in [6, 6.07) is 0. The standard InChI is InChI=1S/C15H21N5O8/c1-6(21)26-4-8-9(23)10(27-7(2)22)13(28-8)20-5-17-11-12(20)18-14(16)19-15(11,24)25-3/h5,8-10,13,23-24H,4H2,1-3H3,(H3,16,18,19)/t8-,9-,10-,13-,15?/m1/s1. The van der Waals surface area contributed by atoms with Crippen molar-refractivity contribution in [2.45, 2.75) is 44.3 Å². The van der Waals surface area contributed by atoms with E-state index in [2.05, 4.69) is 15.3 Å². The van der Waals surface area contributed by atoms with Gasteiger partial charge in [0, 0.05) is 21.0 Å². The Morgan fingerprint density at radius 3 is 2.75 bits per heavy atom. The van der Waals surface area contributed by atoms with Gasteiger partial charge >= 0.3 is 17.8 Å². The molecule has 3 rings (SSSR count). The smallest absolute Gasteiger partial charge is 0.319 e. The number of nitrogens with one attached hydrogen (secondary N) is 1. The molecular formula is C15H21N5O8. The maximum Gasteiger partial charge on any atom is 0.319 e. The fraction of sp³-hybridized carbons (Fsp3) is 0.600. The fourth-order valence-electron chi connectivity index (χ4n) is 3.02. The van der Waals surface area contributed by atoms with Gasteiger partial charge in [-0.3, -0.25) is 14.2 Å². The highest BCUT2D eigenvalue weighted by Gasteiger charge is 2.50. The lowest BCUT2D eigenvalue weighted by atomic mass is 10.1. The van der Waals surface area contributed by atoms with E-state index in [0.29, 0.717) is 0 Å². The second kappa shape index (κ2) is 7.35. The lowest BCUT2D eigenvalue weighted by molar-refractivity contribution is -0.189. The molecule has 2 aliphatic rings. The zero-order valence-electron chi connectivity index (χ0n) is 15.4. The normalized spacial score (nSPS) is 31.5. The minimum atomic E-state index is -2.12. The number of fused-ring (bicyclic) bond motifs is 1. The SMILES string of the molecule is COC1(O)N=C(N)Nc2c1ncn2[C@@H]1O[C@H](COC(C)=O)[C@@H](O)[C@H]1OC(C)=O. The number of carbonyl (C=O) groups is 2. The number of hydrogen-bond donors (Lipinski definition) is 4. The summed E-state index contributed by atoms with van der Waals surface area (Å²) in [5, 5.41) is 23.7. The summed E-state index contributed by atoms with van der Waals surface area (Å²) in [6.07, 6.45) is -3.18. The number of methoxy groups -OCH3 is 1. The molecule has 0 amide bonds. The minimum absolute atomic E-state index is 0.00713. The van der Waals surface area contributed by atoms with Crippen molar-refractivity contribution in [2.75, 3.05) is 19.0 Å². The van der Waals surface area contributed by atoms with Gasteiger partial charge in [0.2, 0.25) is 0 Å². The van der Waals surface area contributed by atoms with Crippen molar-refractivity contribution >= 4 is 23.7 Å². The number of hydrogen-bond acceptors (Lipinski definition) is 12. The molecular weight excluding hydrogens is 378 g/mol. The van der Waals surface area contributed by atoms with Crippen LogP contribution in [0, 0.1) is 0 Å². The quantitative estimate of drug-likeness (QED) is 0.321. The Morgan fingerprint density at radius 1 is 1.43 bits per heavy atom. The van der Waals surface area contributed by atoms with E-state index in [1.807, 2.05) is 0 Å². The zero-order chi connectivity index (χ0) is 20.6. The zero-order valence-corrected chi connectivity index (χ0v) is 15.4. The topological polar surface area (TPSA) is 180 Å². The van der Waals surface area contributed by atoms with Crippen molar-refractivity contribution in [3.8, 4) is 0 Å². The van der Waals surface area contributed by atoms with Crippen molar-refractivity contribution in [3.05, 3.63) is 12.0 Å². The monoisotopic (exact) mass is 399 g/mol. The summed E-state index contributed by atoms with van der Waals surface area (Å²) in [4.78, 5) is 30.4. The maximum absolute atomic E-state index is 11.5. The predicted molar refractivity (Wildman–Crippen MR) is 90.5 cm³/mol. The Bertz CT molecular complexity index is 810. The van der Waals surface area contributed by atoms with Crippen LogP contribution in [0.1, 0.15) is 25.8 Å². The molecule has 1 aromatic heterocycles. The molecule has 0 spiro atoms. The van der Waals surface area contributed by atoms with E-state index < -0.39 is 42.4 Å². The highest BCUT2D eigenvalue weighted by atomic mass is 16.6. The van der Waals surface area contributed by atoms with Gasteiger partial charge in [-0.1, -0.05) is 0 Å². The number of carbonyl (C=O) groups excluding carboxylic acids is 2. The third-order valence-corrected chi connectivity index (χ3v) is 4.25. The summed E-state index contributed by atoms with van der Waals surface area (Å²) in [6.45, 7) is 2.14.